The zero-order valence-corrected chi connectivity index (χ0v) is 17.2. The minimum absolute atomic E-state index is 0.118. The molecule has 30 heavy (non-hydrogen) atoms. The van der Waals surface area contributed by atoms with E-state index in [0.29, 0.717) is 12.2 Å². The van der Waals surface area contributed by atoms with Crippen LogP contribution in [-0.4, -0.2) is 23.3 Å². The number of ketones is 1. The van der Waals surface area contributed by atoms with E-state index >= 15 is 0 Å². The molecule has 0 amide bonds. The zero-order chi connectivity index (χ0) is 21.5. The van der Waals surface area contributed by atoms with Gasteiger partial charge in [-0.3, -0.25) is 14.9 Å². The van der Waals surface area contributed by atoms with Crippen LogP contribution in [0, 0.1) is 10.1 Å². The summed E-state index contributed by atoms with van der Waals surface area (Å²) < 4.78 is 11.7. The maximum atomic E-state index is 12.1. The van der Waals surface area contributed by atoms with Crippen LogP contribution >= 0.6 is 15.9 Å². The molecule has 0 atom stereocenters. The van der Waals surface area contributed by atoms with E-state index in [1.165, 1.54) is 24.3 Å². The molecule has 0 unspecified atom stereocenters. The summed E-state index contributed by atoms with van der Waals surface area (Å²) in [6.07, 6.45) is 0. The molecule has 7 nitrogen and oxygen atoms in total. The minimum atomic E-state index is -0.634. The number of ether oxygens (including phenoxy) is 2. The van der Waals surface area contributed by atoms with Crippen LogP contribution in [0.15, 0.2) is 77.3 Å². The van der Waals surface area contributed by atoms with E-state index in [1.54, 1.807) is 24.3 Å². The Labute approximate surface area is 180 Å². The summed E-state index contributed by atoms with van der Waals surface area (Å²) in [5.74, 6) is -0.352. The highest BCUT2D eigenvalue weighted by molar-refractivity contribution is 9.10. The van der Waals surface area contributed by atoms with E-state index in [-0.39, 0.29) is 11.3 Å². The standard InChI is InChI=1S/C22H16BrNO6/c23-18-7-11-20(12-8-18)29-13-15-1-3-17(4-2-15)22(26)30-14-21(25)16-5-9-19(10-6-16)24(27)28/h1-12H,13-14H2. The van der Waals surface area contributed by atoms with Crippen LogP contribution in [0.3, 0.4) is 0 Å². The number of halogens is 1. The number of non-ortho nitro benzene ring substituents is 1. The van der Waals surface area contributed by atoms with Crippen molar-refractivity contribution in [3.63, 3.8) is 0 Å². The number of rotatable bonds is 8. The van der Waals surface area contributed by atoms with Crippen LogP contribution in [-0.2, 0) is 11.3 Å². The maximum absolute atomic E-state index is 12.1. The highest BCUT2D eigenvalue weighted by atomic mass is 79.9. The maximum Gasteiger partial charge on any atom is 0.338 e. The highest BCUT2D eigenvalue weighted by Crippen LogP contribution is 2.18. The SMILES string of the molecule is O=C(COC(=O)c1ccc(COc2ccc(Br)cc2)cc1)c1ccc([N+](=O)[O-])cc1. The largest absolute Gasteiger partial charge is 0.489 e. The Kier molecular flexibility index (Phi) is 6.92. The molecule has 0 heterocycles. The second kappa shape index (κ2) is 9.80. The molecular formula is C22H16BrNO6. The summed E-state index contributed by atoms with van der Waals surface area (Å²) >= 11 is 3.36. The highest BCUT2D eigenvalue weighted by Gasteiger charge is 2.13. The van der Waals surface area contributed by atoms with Crippen molar-refractivity contribution in [2.45, 2.75) is 6.61 Å². The number of hydrogen-bond donors (Lipinski definition) is 0. The quantitative estimate of drug-likeness (QED) is 0.200. The number of nitro benzene ring substituents is 1. The fraction of sp³-hybridized carbons (Fsp3) is 0.0909. The molecule has 3 aromatic rings. The van der Waals surface area contributed by atoms with Crippen LogP contribution < -0.4 is 4.74 Å². The molecule has 3 rings (SSSR count). The first-order chi connectivity index (χ1) is 14.4. The monoisotopic (exact) mass is 469 g/mol. The number of nitrogens with zero attached hydrogens (tertiary/aromatic N) is 1. The van der Waals surface area contributed by atoms with Gasteiger partial charge in [-0.2, -0.15) is 0 Å². The lowest BCUT2D eigenvalue weighted by molar-refractivity contribution is -0.384. The Morgan fingerprint density at radius 3 is 2.07 bits per heavy atom. The first-order valence-corrected chi connectivity index (χ1v) is 9.64. The Balaban J connectivity index is 1.50. The van der Waals surface area contributed by atoms with Crippen molar-refractivity contribution in [2.24, 2.45) is 0 Å². The summed E-state index contributed by atoms with van der Waals surface area (Å²) in [6.45, 7) is -0.110. The van der Waals surface area contributed by atoms with Crippen LogP contribution in [0.25, 0.3) is 0 Å². The molecule has 0 saturated heterocycles. The Morgan fingerprint density at radius 2 is 1.47 bits per heavy atom. The molecule has 0 radical (unpaired) electrons. The number of carbonyl (C=O) groups excluding carboxylic acids is 2. The summed E-state index contributed by atoms with van der Waals surface area (Å²) in [6, 6.07) is 19.2. The van der Waals surface area contributed by atoms with E-state index < -0.39 is 23.3 Å². The molecule has 0 aliphatic carbocycles. The molecular weight excluding hydrogens is 454 g/mol. The average molecular weight is 470 g/mol. The molecule has 0 aliphatic heterocycles. The second-order valence-electron chi connectivity index (χ2n) is 6.24. The van der Waals surface area contributed by atoms with Gasteiger partial charge in [0.05, 0.1) is 10.5 Å². The van der Waals surface area contributed by atoms with Crippen molar-refractivity contribution in [1.29, 1.82) is 0 Å². The number of hydrogen-bond acceptors (Lipinski definition) is 6. The van der Waals surface area contributed by atoms with Gasteiger partial charge in [-0.1, -0.05) is 28.1 Å². The second-order valence-corrected chi connectivity index (χ2v) is 7.16. The molecule has 0 spiro atoms. The average Bonchev–Trinajstić information content (AvgIpc) is 2.77. The number of Topliss-reactive ketones (excluding diaryl/α,β-unsaturated/α-hetero) is 1. The van der Waals surface area contributed by atoms with Gasteiger partial charge < -0.3 is 9.47 Å². The third kappa shape index (κ3) is 5.74. The number of esters is 1. The molecule has 0 saturated carbocycles. The summed E-state index contributed by atoms with van der Waals surface area (Å²) in [4.78, 5) is 34.3. The van der Waals surface area contributed by atoms with Crippen molar-refractivity contribution in [3.05, 3.63) is 104 Å². The lowest BCUT2D eigenvalue weighted by atomic mass is 10.1. The molecule has 0 N–H and O–H groups in total. The summed E-state index contributed by atoms with van der Waals surface area (Å²) in [5.41, 5.74) is 1.29. The number of benzene rings is 3. The lowest BCUT2D eigenvalue weighted by Gasteiger charge is -2.08. The van der Waals surface area contributed by atoms with Crippen molar-refractivity contribution in [1.82, 2.24) is 0 Å². The molecule has 0 bridgehead atoms. The van der Waals surface area contributed by atoms with Gasteiger partial charge in [0, 0.05) is 22.2 Å². The van der Waals surface area contributed by atoms with Crippen molar-refractivity contribution < 1.29 is 24.0 Å². The minimum Gasteiger partial charge on any atom is -0.489 e. The zero-order valence-electron chi connectivity index (χ0n) is 15.6. The van der Waals surface area contributed by atoms with Gasteiger partial charge in [-0.15, -0.1) is 0 Å². The van der Waals surface area contributed by atoms with E-state index in [4.69, 9.17) is 9.47 Å². The molecule has 0 fully saturated rings. The Morgan fingerprint density at radius 1 is 0.867 bits per heavy atom. The van der Waals surface area contributed by atoms with E-state index in [9.17, 15) is 19.7 Å². The van der Waals surface area contributed by atoms with Crippen molar-refractivity contribution in [2.75, 3.05) is 6.61 Å². The predicted octanol–water partition coefficient (Wildman–Crippen LogP) is 4.98. The summed E-state index contributed by atoms with van der Waals surface area (Å²) in [5, 5.41) is 10.6. The van der Waals surface area contributed by atoms with Gasteiger partial charge in [0.25, 0.3) is 5.69 Å². The number of nitro groups is 1. The molecule has 0 aromatic heterocycles. The lowest BCUT2D eigenvalue weighted by Crippen LogP contribution is -2.14. The van der Waals surface area contributed by atoms with Crippen LogP contribution in [0.5, 0.6) is 5.75 Å². The van der Waals surface area contributed by atoms with Crippen LogP contribution in [0.4, 0.5) is 5.69 Å². The third-order valence-corrected chi connectivity index (χ3v) is 4.67. The normalized spacial score (nSPS) is 10.3. The van der Waals surface area contributed by atoms with E-state index in [1.807, 2.05) is 24.3 Å². The van der Waals surface area contributed by atoms with Gasteiger partial charge in [0.15, 0.2) is 12.4 Å². The molecule has 8 heteroatoms. The molecule has 152 valence electrons. The van der Waals surface area contributed by atoms with Crippen molar-refractivity contribution >= 4 is 33.4 Å². The Hall–Kier alpha value is -3.52. The van der Waals surface area contributed by atoms with Crippen LogP contribution in [0.2, 0.25) is 0 Å². The fourth-order valence-corrected chi connectivity index (χ4v) is 2.77. The van der Waals surface area contributed by atoms with Gasteiger partial charge in [-0.25, -0.2) is 4.79 Å². The van der Waals surface area contributed by atoms with E-state index in [0.717, 1.165) is 15.8 Å². The van der Waals surface area contributed by atoms with Gasteiger partial charge in [0.2, 0.25) is 0 Å². The molecule has 3 aromatic carbocycles. The van der Waals surface area contributed by atoms with Crippen molar-refractivity contribution in [3.8, 4) is 5.75 Å². The smallest absolute Gasteiger partial charge is 0.338 e. The molecule has 0 aliphatic rings. The van der Waals surface area contributed by atoms with E-state index in [2.05, 4.69) is 15.9 Å². The predicted molar refractivity (Wildman–Crippen MR) is 113 cm³/mol. The van der Waals surface area contributed by atoms with Gasteiger partial charge in [0.1, 0.15) is 12.4 Å². The van der Waals surface area contributed by atoms with Gasteiger partial charge >= 0.3 is 5.97 Å². The fourth-order valence-electron chi connectivity index (χ4n) is 2.50. The topological polar surface area (TPSA) is 95.7 Å². The first kappa shape index (κ1) is 21.2. The van der Waals surface area contributed by atoms with Crippen LogP contribution in [0.1, 0.15) is 26.3 Å². The number of carbonyl (C=O) groups is 2. The van der Waals surface area contributed by atoms with Gasteiger partial charge in [-0.05, 0) is 54.1 Å². The summed E-state index contributed by atoms with van der Waals surface area (Å²) in [7, 11) is 0. The third-order valence-electron chi connectivity index (χ3n) is 4.14. The first-order valence-electron chi connectivity index (χ1n) is 8.84. The Bertz CT molecular complexity index is 1050.